The Morgan fingerprint density at radius 3 is 2.24 bits per heavy atom. The van der Waals surface area contributed by atoms with E-state index in [4.69, 9.17) is 5.11 Å². The maximum Gasteiger partial charge on any atom is 0.323 e. The van der Waals surface area contributed by atoms with Crippen molar-refractivity contribution >= 4 is 12.0 Å². The first-order chi connectivity index (χ1) is 9.53. The number of amides is 2. The van der Waals surface area contributed by atoms with E-state index in [-0.39, 0.29) is 18.0 Å². The average molecular weight is 299 g/mol. The highest BCUT2D eigenvalue weighted by Crippen LogP contribution is 2.29. The number of carboxylic acid groups (broad SMARTS) is 1. The average Bonchev–Trinajstić information content (AvgIpc) is 2.36. The zero-order chi connectivity index (χ0) is 16.3. The molecule has 1 fully saturated rings. The molecule has 0 atom stereocenters. The number of piperidine rings is 1. The van der Waals surface area contributed by atoms with Crippen LogP contribution < -0.4 is 5.32 Å². The van der Waals surface area contributed by atoms with Crippen molar-refractivity contribution in [2.75, 3.05) is 33.2 Å². The number of nitrogens with one attached hydrogen (secondary N) is 1. The summed E-state index contributed by atoms with van der Waals surface area (Å²) in [6, 6.07) is -0.301. The first-order valence-corrected chi connectivity index (χ1v) is 7.49. The Morgan fingerprint density at radius 1 is 1.29 bits per heavy atom. The fourth-order valence-electron chi connectivity index (χ4n) is 2.47. The van der Waals surface area contributed by atoms with Gasteiger partial charge < -0.3 is 20.2 Å². The van der Waals surface area contributed by atoms with Crippen molar-refractivity contribution in [3.63, 3.8) is 0 Å². The number of hydrogen-bond donors (Lipinski definition) is 2. The van der Waals surface area contributed by atoms with Crippen LogP contribution in [-0.2, 0) is 4.79 Å². The van der Waals surface area contributed by atoms with E-state index in [1.54, 1.807) is 0 Å². The highest BCUT2D eigenvalue weighted by molar-refractivity contribution is 5.80. The quantitative estimate of drug-likeness (QED) is 0.827. The number of nitrogens with zero attached hydrogens (tertiary/aromatic N) is 2. The van der Waals surface area contributed by atoms with Gasteiger partial charge in [0.25, 0.3) is 0 Å². The molecule has 1 saturated heterocycles. The topological polar surface area (TPSA) is 72.9 Å². The second-order valence-corrected chi connectivity index (χ2v) is 7.42. The minimum absolute atomic E-state index is 0.0922. The van der Waals surface area contributed by atoms with Crippen molar-refractivity contribution in [2.45, 2.75) is 46.1 Å². The monoisotopic (exact) mass is 299 g/mol. The van der Waals surface area contributed by atoms with Gasteiger partial charge in [0.2, 0.25) is 0 Å². The van der Waals surface area contributed by atoms with E-state index in [1.807, 2.05) is 20.8 Å². The van der Waals surface area contributed by atoms with Gasteiger partial charge in [-0.15, -0.1) is 0 Å². The molecule has 1 heterocycles. The Kier molecular flexibility index (Phi) is 5.61. The molecule has 0 aromatic rings. The van der Waals surface area contributed by atoms with Gasteiger partial charge in [0.15, 0.2) is 0 Å². The first kappa shape index (κ1) is 17.8. The summed E-state index contributed by atoms with van der Waals surface area (Å²) in [6.07, 6.45) is 2.08. The van der Waals surface area contributed by atoms with Crippen LogP contribution >= 0.6 is 0 Å². The SMILES string of the molecule is CN1CCC(C)(CNC(=O)N(CC(=O)O)C(C)(C)C)CC1. The van der Waals surface area contributed by atoms with E-state index >= 15 is 0 Å². The molecular weight excluding hydrogens is 270 g/mol. The predicted octanol–water partition coefficient (Wildman–Crippen LogP) is 1.61. The lowest BCUT2D eigenvalue weighted by molar-refractivity contribution is -0.138. The van der Waals surface area contributed by atoms with Gasteiger partial charge in [-0.05, 0) is 59.2 Å². The molecule has 0 aromatic heterocycles. The van der Waals surface area contributed by atoms with E-state index in [9.17, 15) is 9.59 Å². The number of hydrogen-bond acceptors (Lipinski definition) is 3. The summed E-state index contributed by atoms with van der Waals surface area (Å²) in [5.41, 5.74) is -0.425. The number of carbonyl (C=O) groups excluding carboxylic acids is 1. The molecule has 2 N–H and O–H groups in total. The summed E-state index contributed by atoms with van der Waals surface area (Å²) >= 11 is 0. The van der Waals surface area contributed by atoms with Gasteiger partial charge >= 0.3 is 12.0 Å². The number of carbonyl (C=O) groups is 2. The van der Waals surface area contributed by atoms with Crippen molar-refractivity contribution in [1.82, 2.24) is 15.1 Å². The summed E-state index contributed by atoms with van der Waals surface area (Å²) in [6.45, 7) is 10.1. The minimum atomic E-state index is -0.995. The van der Waals surface area contributed by atoms with Gasteiger partial charge in [-0.1, -0.05) is 6.92 Å². The second kappa shape index (κ2) is 6.64. The summed E-state index contributed by atoms with van der Waals surface area (Å²) in [7, 11) is 2.10. The third-order valence-corrected chi connectivity index (χ3v) is 4.21. The number of rotatable bonds is 4. The molecule has 0 spiro atoms. The van der Waals surface area contributed by atoms with Crippen LogP contribution in [0, 0.1) is 5.41 Å². The van der Waals surface area contributed by atoms with Gasteiger partial charge in [-0.2, -0.15) is 0 Å². The van der Waals surface area contributed by atoms with Crippen LogP contribution in [0.1, 0.15) is 40.5 Å². The fraction of sp³-hybridized carbons (Fsp3) is 0.867. The van der Waals surface area contributed by atoms with Crippen molar-refractivity contribution < 1.29 is 14.7 Å². The first-order valence-electron chi connectivity index (χ1n) is 7.49. The molecule has 1 rings (SSSR count). The molecule has 1 aliphatic heterocycles. The molecule has 21 heavy (non-hydrogen) atoms. The molecule has 0 aromatic carbocycles. The van der Waals surface area contributed by atoms with Crippen molar-refractivity contribution in [2.24, 2.45) is 5.41 Å². The molecular formula is C15H29N3O3. The third-order valence-electron chi connectivity index (χ3n) is 4.21. The number of aliphatic carboxylic acids is 1. The van der Waals surface area contributed by atoms with E-state index in [1.165, 1.54) is 4.90 Å². The standard InChI is InChI=1S/C15H29N3O3/c1-14(2,3)18(10-12(19)20)13(21)16-11-15(4)6-8-17(5)9-7-15/h6-11H2,1-5H3,(H,16,21)(H,19,20). The zero-order valence-electron chi connectivity index (χ0n) is 13.9. The van der Waals surface area contributed by atoms with E-state index in [2.05, 4.69) is 24.2 Å². The highest BCUT2D eigenvalue weighted by atomic mass is 16.4. The van der Waals surface area contributed by atoms with Crippen molar-refractivity contribution in [3.8, 4) is 0 Å². The van der Waals surface area contributed by atoms with Gasteiger partial charge in [0.1, 0.15) is 6.54 Å². The van der Waals surface area contributed by atoms with Crippen LogP contribution in [0.15, 0.2) is 0 Å². The van der Waals surface area contributed by atoms with E-state index in [0.717, 1.165) is 25.9 Å². The van der Waals surface area contributed by atoms with Gasteiger partial charge in [-0.3, -0.25) is 4.79 Å². The van der Waals surface area contributed by atoms with E-state index in [0.29, 0.717) is 6.54 Å². The molecule has 1 aliphatic rings. The van der Waals surface area contributed by atoms with Crippen LogP contribution in [0.25, 0.3) is 0 Å². The Balaban J connectivity index is 2.59. The molecule has 2 amide bonds. The summed E-state index contributed by atoms with van der Waals surface area (Å²) < 4.78 is 0. The third kappa shape index (κ3) is 5.53. The number of urea groups is 1. The Labute approximate surface area is 127 Å². The molecule has 0 unspecified atom stereocenters. The largest absolute Gasteiger partial charge is 0.480 e. The number of carboxylic acids is 1. The molecule has 0 radical (unpaired) electrons. The van der Waals surface area contributed by atoms with Crippen LogP contribution in [0.5, 0.6) is 0 Å². The van der Waals surface area contributed by atoms with Gasteiger partial charge in [0.05, 0.1) is 0 Å². The van der Waals surface area contributed by atoms with Gasteiger partial charge in [0, 0.05) is 12.1 Å². The molecule has 122 valence electrons. The lowest BCUT2D eigenvalue weighted by Crippen LogP contribution is -2.54. The predicted molar refractivity (Wildman–Crippen MR) is 82.3 cm³/mol. The van der Waals surface area contributed by atoms with E-state index < -0.39 is 11.5 Å². The van der Waals surface area contributed by atoms with Crippen LogP contribution in [-0.4, -0.2) is 65.7 Å². The maximum atomic E-state index is 12.3. The van der Waals surface area contributed by atoms with Crippen LogP contribution in [0.4, 0.5) is 4.79 Å². The van der Waals surface area contributed by atoms with Crippen LogP contribution in [0.2, 0.25) is 0 Å². The Hall–Kier alpha value is -1.30. The Morgan fingerprint density at radius 2 is 1.81 bits per heavy atom. The maximum absolute atomic E-state index is 12.3. The summed E-state index contributed by atoms with van der Waals surface area (Å²) in [4.78, 5) is 26.9. The lowest BCUT2D eigenvalue weighted by Gasteiger charge is -2.39. The highest BCUT2D eigenvalue weighted by Gasteiger charge is 2.32. The second-order valence-electron chi connectivity index (χ2n) is 7.42. The summed E-state index contributed by atoms with van der Waals surface area (Å²) in [5, 5.41) is 11.9. The molecule has 6 nitrogen and oxygen atoms in total. The molecule has 0 bridgehead atoms. The zero-order valence-corrected chi connectivity index (χ0v) is 13.9. The minimum Gasteiger partial charge on any atom is -0.480 e. The van der Waals surface area contributed by atoms with Crippen molar-refractivity contribution in [3.05, 3.63) is 0 Å². The van der Waals surface area contributed by atoms with Crippen LogP contribution in [0.3, 0.4) is 0 Å². The van der Waals surface area contributed by atoms with Crippen molar-refractivity contribution in [1.29, 1.82) is 0 Å². The normalized spacial score (nSPS) is 19.1. The fourth-order valence-corrected chi connectivity index (χ4v) is 2.47. The summed E-state index contributed by atoms with van der Waals surface area (Å²) in [5.74, 6) is -0.995. The molecule has 0 aliphatic carbocycles. The number of likely N-dealkylation sites (tertiary alicyclic amines) is 1. The van der Waals surface area contributed by atoms with Gasteiger partial charge in [-0.25, -0.2) is 4.79 Å². The smallest absolute Gasteiger partial charge is 0.323 e. The molecule has 6 heteroatoms. The molecule has 0 saturated carbocycles. The lowest BCUT2D eigenvalue weighted by atomic mass is 9.80. The Bertz CT molecular complexity index is 382.